The van der Waals surface area contributed by atoms with Crippen LogP contribution in [0, 0.1) is 17.7 Å². The van der Waals surface area contributed by atoms with Crippen molar-refractivity contribution in [3.8, 4) is 0 Å². The van der Waals surface area contributed by atoms with Crippen molar-refractivity contribution in [1.82, 2.24) is 20.2 Å². The molecule has 1 saturated heterocycles. The number of nitrogens with zero attached hydrogens (tertiary/aromatic N) is 3. The van der Waals surface area contributed by atoms with E-state index in [-0.39, 0.29) is 28.6 Å². The van der Waals surface area contributed by atoms with Crippen LogP contribution in [0.5, 0.6) is 0 Å². The van der Waals surface area contributed by atoms with Crippen LogP contribution in [0.1, 0.15) is 61.6 Å². The van der Waals surface area contributed by atoms with Crippen molar-refractivity contribution in [3.05, 3.63) is 69.9 Å². The van der Waals surface area contributed by atoms with E-state index in [9.17, 15) is 18.4 Å². The number of fused-ring (bicyclic) bond motifs is 1. The Hall–Kier alpha value is -3.33. The molecule has 1 aliphatic carbocycles. The maximum Gasteiger partial charge on any atom is 0.270 e. The van der Waals surface area contributed by atoms with E-state index < -0.39 is 11.8 Å². The van der Waals surface area contributed by atoms with Crippen LogP contribution in [-0.4, -0.2) is 59.5 Å². The zero-order chi connectivity index (χ0) is 26.8. The average Bonchev–Trinajstić information content (AvgIpc) is 3.36. The number of piperazine rings is 1. The Morgan fingerprint density at radius 2 is 1.92 bits per heavy atom. The molecule has 7 nitrogen and oxygen atoms in total. The van der Waals surface area contributed by atoms with E-state index in [2.05, 4.69) is 20.2 Å². The van der Waals surface area contributed by atoms with Crippen molar-refractivity contribution < 1.29 is 13.6 Å². The van der Waals surface area contributed by atoms with E-state index in [1.807, 2.05) is 24.8 Å². The second-order valence-corrected chi connectivity index (χ2v) is 10.9. The van der Waals surface area contributed by atoms with Crippen LogP contribution in [0.4, 0.5) is 14.5 Å². The third-order valence-electron chi connectivity index (χ3n) is 7.87. The number of aromatic amines is 1. The van der Waals surface area contributed by atoms with Crippen LogP contribution in [0.3, 0.4) is 0 Å². The zero-order valence-electron chi connectivity index (χ0n) is 22.0. The molecular weight excluding hydrogens is 488 g/mol. The molecule has 2 aromatic heterocycles. The quantitative estimate of drug-likeness (QED) is 0.448. The third kappa shape index (κ3) is 5.72. The maximum absolute atomic E-state index is 14.7. The summed E-state index contributed by atoms with van der Waals surface area (Å²) in [6, 6.07) is 9.89. The summed E-state index contributed by atoms with van der Waals surface area (Å²) in [5, 5.41) is 3.52. The topological polar surface area (TPSA) is 81.3 Å². The number of aromatic nitrogens is 2. The summed E-state index contributed by atoms with van der Waals surface area (Å²) in [5.74, 6) is -0.592. The number of hydrogen-bond donors (Lipinski definition) is 2. The van der Waals surface area contributed by atoms with Gasteiger partial charge in [-0.2, -0.15) is 4.39 Å². The summed E-state index contributed by atoms with van der Waals surface area (Å²) in [6.45, 7) is 7.78. The van der Waals surface area contributed by atoms with E-state index in [4.69, 9.17) is 0 Å². The molecule has 1 aromatic carbocycles. The van der Waals surface area contributed by atoms with Crippen LogP contribution >= 0.6 is 0 Å². The number of anilines is 1. The fraction of sp³-hybridized carbons (Fsp3) is 0.483. The fourth-order valence-corrected chi connectivity index (χ4v) is 5.84. The lowest BCUT2D eigenvalue weighted by molar-refractivity contribution is 0.0937. The van der Waals surface area contributed by atoms with Gasteiger partial charge in [0.25, 0.3) is 11.5 Å². The number of carbonyl (C=O) groups excluding carboxylic acids is 1. The van der Waals surface area contributed by atoms with E-state index >= 15 is 0 Å². The summed E-state index contributed by atoms with van der Waals surface area (Å²) in [7, 11) is 0. The minimum Gasteiger partial charge on any atom is -0.365 e. The highest BCUT2D eigenvalue weighted by atomic mass is 19.1. The van der Waals surface area contributed by atoms with Crippen molar-refractivity contribution in [2.24, 2.45) is 5.92 Å². The van der Waals surface area contributed by atoms with E-state index in [0.717, 1.165) is 51.0 Å². The van der Waals surface area contributed by atoms with Crippen LogP contribution in [0.25, 0.3) is 10.8 Å². The molecule has 0 spiro atoms. The lowest BCUT2D eigenvalue weighted by Gasteiger charge is -2.36. The lowest BCUT2D eigenvalue weighted by atomic mass is 9.97. The number of amides is 1. The van der Waals surface area contributed by atoms with E-state index in [0.29, 0.717) is 36.0 Å². The summed E-state index contributed by atoms with van der Waals surface area (Å²) in [5.41, 5.74) is 1.09. The van der Waals surface area contributed by atoms with Gasteiger partial charge < -0.3 is 15.2 Å². The Labute approximate surface area is 221 Å². The van der Waals surface area contributed by atoms with Gasteiger partial charge >= 0.3 is 0 Å². The summed E-state index contributed by atoms with van der Waals surface area (Å²) < 4.78 is 28.8. The van der Waals surface area contributed by atoms with Gasteiger partial charge in [0.05, 0.1) is 11.1 Å². The first-order valence-electron chi connectivity index (χ1n) is 13.5. The molecule has 3 aromatic rings. The first kappa shape index (κ1) is 26.3. The van der Waals surface area contributed by atoms with Crippen molar-refractivity contribution in [2.45, 2.75) is 51.5 Å². The fourth-order valence-electron chi connectivity index (χ4n) is 5.84. The molecule has 1 amide bonds. The van der Waals surface area contributed by atoms with E-state index in [1.165, 1.54) is 6.07 Å². The van der Waals surface area contributed by atoms with Crippen molar-refractivity contribution in [1.29, 1.82) is 0 Å². The van der Waals surface area contributed by atoms with Gasteiger partial charge in [-0.15, -0.1) is 0 Å². The molecule has 1 aliphatic heterocycles. The number of halogens is 2. The average molecular weight is 524 g/mol. The molecule has 2 atom stereocenters. The molecule has 9 heteroatoms. The van der Waals surface area contributed by atoms with Gasteiger partial charge in [0.2, 0.25) is 5.95 Å². The van der Waals surface area contributed by atoms with Gasteiger partial charge in [0.1, 0.15) is 11.5 Å². The largest absolute Gasteiger partial charge is 0.365 e. The van der Waals surface area contributed by atoms with Crippen LogP contribution in [0.2, 0.25) is 0 Å². The number of nitrogens with one attached hydrogen (secondary N) is 2. The molecule has 38 heavy (non-hydrogen) atoms. The highest BCUT2D eigenvalue weighted by molar-refractivity contribution is 5.92. The SMILES string of the molecule is CC(C)NC(=O)c1ccc(N2CCN(CCC3CC[C@@H](c4cc5cccc(F)c5c(=O)[nH]4)C3)CC2)c(F)n1. The third-order valence-corrected chi connectivity index (χ3v) is 7.87. The lowest BCUT2D eigenvalue weighted by Crippen LogP contribution is -2.47. The van der Waals surface area contributed by atoms with Crippen molar-refractivity contribution >= 4 is 22.4 Å². The number of benzene rings is 1. The Morgan fingerprint density at radius 1 is 1.13 bits per heavy atom. The smallest absolute Gasteiger partial charge is 0.270 e. The Bertz CT molecular complexity index is 1370. The normalized spacial score (nSPS) is 20.4. The van der Waals surface area contributed by atoms with Crippen molar-refractivity contribution in [3.63, 3.8) is 0 Å². The van der Waals surface area contributed by atoms with Gasteiger partial charge in [-0.05, 0) is 87.6 Å². The van der Waals surface area contributed by atoms with Gasteiger partial charge in [0, 0.05) is 37.9 Å². The standard InChI is InChI=1S/C29H35F2N5O2/c1-18(2)32-28(37)23-8-9-25(27(31)33-23)36-14-12-35(13-15-36)11-10-19-6-7-20(16-19)24-17-21-4-3-5-22(30)26(21)29(38)34-24/h3-5,8-9,17-20H,6-7,10-16H2,1-2H3,(H,32,37)(H,34,38)/t19?,20-/m1/s1. The van der Waals surface area contributed by atoms with Crippen molar-refractivity contribution in [2.75, 3.05) is 37.6 Å². The number of hydrogen-bond acceptors (Lipinski definition) is 5. The maximum atomic E-state index is 14.7. The molecule has 1 unspecified atom stereocenters. The molecule has 202 valence electrons. The zero-order valence-corrected chi connectivity index (χ0v) is 22.0. The predicted molar refractivity (Wildman–Crippen MR) is 145 cm³/mol. The van der Waals surface area contributed by atoms with Crippen LogP contribution in [0.15, 0.2) is 41.2 Å². The predicted octanol–water partition coefficient (Wildman–Crippen LogP) is 4.44. The molecule has 2 fully saturated rings. The number of pyridine rings is 2. The summed E-state index contributed by atoms with van der Waals surface area (Å²) >= 11 is 0. The minimum atomic E-state index is -0.610. The molecule has 2 aliphatic rings. The Balaban J connectivity index is 1.11. The van der Waals surface area contributed by atoms with Gasteiger partial charge in [0.15, 0.2) is 0 Å². The molecule has 0 bridgehead atoms. The molecule has 3 heterocycles. The first-order chi connectivity index (χ1) is 18.3. The second-order valence-electron chi connectivity index (χ2n) is 10.9. The highest BCUT2D eigenvalue weighted by Gasteiger charge is 2.28. The first-order valence-corrected chi connectivity index (χ1v) is 13.5. The highest BCUT2D eigenvalue weighted by Crippen LogP contribution is 2.39. The van der Waals surface area contributed by atoms with Gasteiger partial charge in [-0.1, -0.05) is 12.1 Å². The summed E-state index contributed by atoms with van der Waals surface area (Å²) in [6.07, 6.45) is 4.23. The molecule has 0 radical (unpaired) electrons. The summed E-state index contributed by atoms with van der Waals surface area (Å²) in [4.78, 5) is 35.8. The number of rotatable bonds is 7. The van der Waals surface area contributed by atoms with E-state index in [1.54, 1.807) is 24.3 Å². The second kappa shape index (κ2) is 11.2. The molecule has 5 rings (SSSR count). The Morgan fingerprint density at radius 3 is 2.66 bits per heavy atom. The minimum absolute atomic E-state index is 0.0381. The monoisotopic (exact) mass is 523 g/mol. The molecule has 1 saturated carbocycles. The van der Waals surface area contributed by atoms with Gasteiger partial charge in [-0.25, -0.2) is 9.37 Å². The Kier molecular flexibility index (Phi) is 7.74. The number of H-pyrrole nitrogens is 1. The van der Waals surface area contributed by atoms with Crippen LogP contribution in [-0.2, 0) is 0 Å². The van der Waals surface area contributed by atoms with Gasteiger partial charge in [-0.3, -0.25) is 14.5 Å². The number of carbonyl (C=O) groups is 1. The van der Waals surface area contributed by atoms with Crippen LogP contribution < -0.4 is 15.8 Å². The molecule has 2 N–H and O–H groups in total. The molecular formula is C29H35F2N5O2.